The van der Waals surface area contributed by atoms with Gasteiger partial charge in [0.25, 0.3) is 0 Å². The van der Waals surface area contributed by atoms with Gasteiger partial charge in [-0.3, -0.25) is 5.10 Å². The molecule has 82 valence electrons. The van der Waals surface area contributed by atoms with E-state index in [1.54, 1.807) is 24.3 Å². The summed E-state index contributed by atoms with van der Waals surface area (Å²) >= 11 is 0. The molecule has 1 heterocycles. The third-order valence-corrected chi connectivity index (χ3v) is 2.26. The van der Waals surface area contributed by atoms with E-state index >= 15 is 0 Å². The molecular formula is C11H11N3O2. The molecule has 0 spiro atoms. The van der Waals surface area contributed by atoms with Crippen LogP contribution in [0.25, 0.3) is 11.4 Å². The van der Waals surface area contributed by atoms with Crippen LogP contribution in [0.1, 0.15) is 23.1 Å². The monoisotopic (exact) mass is 217 g/mol. The Morgan fingerprint density at radius 1 is 1.44 bits per heavy atom. The molecule has 0 aliphatic carbocycles. The molecule has 1 aromatic heterocycles. The number of hydrogen-bond donors (Lipinski definition) is 2. The van der Waals surface area contributed by atoms with Crippen molar-refractivity contribution in [2.45, 2.75) is 13.3 Å². The molecule has 0 amide bonds. The van der Waals surface area contributed by atoms with E-state index < -0.39 is 5.97 Å². The molecule has 0 atom stereocenters. The zero-order chi connectivity index (χ0) is 11.5. The fraction of sp³-hybridized carbons (Fsp3) is 0.182. The van der Waals surface area contributed by atoms with Gasteiger partial charge in [-0.15, -0.1) is 0 Å². The van der Waals surface area contributed by atoms with Crippen LogP contribution in [-0.4, -0.2) is 26.3 Å². The number of carboxylic acids is 1. The van der Waals surface area contributed by atoms with E-state index in [9.17, 15) is 4.79 Å². The van der Waals surface area contributed by atoms with Crippen molar-refractivity contribution in [3.8, 4) is 11.4 Å². The highest BCUT2D eigenvalue weighted by Crippen LogP contribution is 2.19. The average Bonchev–Trinajstić information content (AvgIpc) is 2.77. The Morgan fingerprint density at radius 3 is 2.81 bits per heavy atom. The van der Waals surface area contributed by atoms with E-state index in [4.69, 9.17) is 5.11 Å². The van der Waals surface area contributed by atoms with Crippen LogP contribution >= 0.6 is 0 Å². The lowest BCUT2D eigenvalue weighted by atomic mass is 10.1. The highest BCUT2D eigenvalue weighted by atomic mass is 16.4. The molecule has 0 saturated carbocycles. The van der Waals surface area contributed by atoms with Crippen LogP contribution < -0.4 is 0 Å². The van der Waals surface area contributed by atoms with E-state index in [1.165, 1.54) is 0 Å². The summed E-state index contributed by atoms with van der Waals surface area (Å²) in [5, 5.41) is 15.8. The van der Waals surface area contributed by atoms with Crippen molar-refractivity contribution < 1.29 is 9.90 Å². The Balaban J connectivity index is 2.50. The molecule has 2 aromatic rings. The number of aromatic nitrogens is 3. The van der Waals surface area contributed by atoms with Gasteiger partial charge in [0.05, 0.1) is 5.56 Å². The molecule has 5 nitrogen and oxygen atoms in total. The number of aryl methyl sites for hydroxylation is 1. The van der Waals surface area contributed by atoms with Crippen molar-refractivity contribution in [2.24, 2.45) is 0 Å². The van der Waals surface area contributed by atoms with Crippen LogP contribution in [0.3, 0.4) is 0 Å². The molecule has 1 aromatic carbocycles. The van der Waals surface area contributed by atoms with Crippen molar-refractivity contribution in [3.05, 3.63) is 35.7 Å². The Morgan fingerprint density at radius 2 is 2.19 bits per heavy atom. The average molecular weight is 217 g/mol. The third kappa shape index (κ3) is 1.79. The van der Waals surface area contributed by atoms with Gasteiger partial charge in [0.2, 0.25) is 0 Å². The summed E-state index contributed by atoms with van der Waals surface area (Å²) in [5.41, 5.74) is 0.745. The summed E-state index contributed by atoms with van der Waals surface area (Å²) < 4.78 is 0. The summed E-state index contributed by atoms with van der Waals surface area (Å²) in [5.74, 6) is 0.198. The minimum Gasteiger partial charge on any atom is -0.478 e. The minimum atomic E-state index is -0.974. The van der Waals surface area contributed by atoms with Crippen molar-refractivity contribution in [1.82, 2.24) is 15.2 Å². The number of aromatic carboxylic acids is 1. The SMILES string of the molecule is CCc1nc(-c2ccccc2C(=O)O)n[nH]1. The van der Waals surface area contributed by atoms with Crippen LogP contribution in [0.4, 0.5) is 0 Å². The maximum absolute atomic E-state index is 11.0. The lowest BCUT2D eigenvalue weighted by molar-refractivity contribution is 0.0697. The predicted molar refractivity (Wildman–Crippen MR) is 58.2 cm³/mol. The van der Waals surface area contributed by atoms with Gasteiger partial charge >= 0.3 is 5.97 Å². The van der Waals surface area contributed by atoms with Crippen LogP contribution in [0.15, 0.2) is 24.3 Å². The second kappa shape index (κ2) is 4.14. The van der Waals surface area contributed by atoms with Crippen molar-refractivity contribution in [2.75, 3.05) is 0 Å². The number of carboxylic acid groups (broad SMARTS) is 1. The number of rotatable bonds is 3. The fourth-order valence-electron chi connectivity index (χ4n) is 1.44. The number of H-pyrrole nitrogens is 1. The quantitative estimate of drug-likeness (QED) is 0.820. The van der Waals surface area contributed by atoms with E-state index in [1.807, 2.05) is 6.92 Å². The minimum absolute atomic E-state index is 0.212. The molecule has 0 aliphatic rings. The molecule has 0 unspecified atom stereocenters. The van der Waals surface area contributed by atoms with Gasteiger partial charge in [0.1, 0.15) is 5.82 Å². The molecule has 0 fully saturated rings. The second-order valence-electron chi connectivity index (χ2n) is 3.31. The number of aromatic amines is 1. The maximum atomic E-state index is 11.0. The van der Waals surface area contributed by atoms with Crippen molar-refractivity contribution in [3.63, 3.8) is 0 Å². The largest absolute Gasteiger partial charge is 0.478 e. The molecule has 0 aliphatic heterocycles. The first kappa shape index (κ1) is 10.4. The molecule has 0 bridgehead atoms. The van der Waals surface area contributed by atoms with Gasteiger partial charge < -0.3 is 5.11 Å². The molecule has 2 rings (SSSR count). The number of nitrogens with zero attached hydrogens (tertiary/aromatic N) is 2. The Labute approximate surface area is 92.2 Å². The van der Waals surface area contributed by atoms with E-state index in [-0.39, 0.29) is 5.56 Å². The third-order valence-electron chi connectivity index (χ3n) is 2.26. The molecule has 2 N–H and O–H groups in total. The lowest BCUT2D eigenvalue weighted by Gasteiger charge is -2.00. The number of carbonyl (C=O) groups is 1. The molecule has 0 radical (unpaired) electrons. The Hall–Kier alpha value is -2.17. The first-order valence-corrected chi connectivity index (χ1v) is 4.96. The van der Waals surface area contributed by atoms with Gasteiger partial charge in [-0.05, 0) is 6.07 Å². The van der Waals surface area contributed by atoms with Crippen LogP contribution in [0.2, 0.25) is 0 Å². The Kier molecular flexibility index (Phi) is 2.68. The summed E-state index contributed by atoms with van der Waals surface area (Å²) in [6, 6.07) is 6.69. The van der Waals surface area contributed by atoms with E-state index in [2.05, 4.69) is 15.2 Å². The summed E-state index contributed by atoms with van der Waals surface area (Å²) in [4.78, 5) is 15.2. The maximum Gasteiger partial charge on any atom is 0.336 e. The smallest absolute Gasteiger partial charge is 0.336 e. The first-order valence-electron chi connectivity index (χ1n) is 4.96. The van der Waals surface area contributed by atoms with Crippen LogP contribution in [0.5, 0.6) is 0 Å². The van der Waals surface area contributed by atoms with Crippen molar-refractivity contribution >= 4 is 5.97 Å². The van der Waals surface area contributed by atoms with E-state index in [0.29, 0.717) is 11.4 Å². The molecule has 16 heavy (non-hydrogen) atoms. The zero-order valence-electron chi connectivity index (χ0n) is 8.77. The first-order chi connectivity index (χ1) is 7.72. The summed E-state index contributed by atoms with van der Waals surface area (Å²) in [6.07, 6.45) is 0.738. The van der Waals surface area contributed by atoms with Crippen molar-refractivity contribution in [1.29, 1.82) is 0 Å². The van der Waals surface area contributed by atoms with Gasteiger partial charge in [0.15, 0.2) is 5.82 Å². The molecule has 5 heteroatoms. The van der Waals surface area contributed by atoms with E-state index in [0.717, 1.165) is 12.2 Å². The second-order valence-corrected chi connectivity index (χ2v) is 3.31. The fourth-order valence-corrected chi connectivity index (χ4v) is 1.44. The number of nitrogens with one attached hydrogen (secondary N) is 1. The topological polar surface area (TPSA) is 78.9 Å². The normalized spacial score (nSPS) is 10.3. The molecule has 0 saturated heterocycles. The lowest BCUT2D eigenvalue weighted by Crippen LogP contribution is -1.99. The number of benzene rings is 1. The zero-order valence-corrected chi connectivity index (χ0v) is 8.77. The van der Waals surface area contributed by atoms with Crippen LogP contribution in [0, 0.1) is 0 Å². The standard InChI is InChI=1S/C11H11N3O2/c1-2-9-12-10(14-13-9)7-5-3-4-6-8(7)11(15)16/h3-6H,2H2,1H3,(H,15,16)(H,12,13,14). The summed E-state index contributed by atoms with van der Waals surface area (Å²) in [6.45, 7) is 1.95. The van der Waals surface area contributed by atoms with Gasteiger partial charge in [-0.1, -0.05) is 25.1 Å². The van der Waals surface area contributed by atoms with Gasteiger partial charge in [0, 0.05) is 12.0 Å². The summed E-state index contributed by atoms with van der Waals surface area (Å²) in [7, 11) is 0. The Bertz CT molecular complexity index is 519. The van der Waals surface area contributed by atoms with Gasteiger partial charge in [-0.2, -0.15) is 5.10 Å². The highest BCUT2D eigenvalue weighted by Gasteiger charge is 2.14. The highest BCUT2D eigenvalue weighted by molar-refractivity contribution is 5.94. The molecular weight excluding hydrogens is 206 g/mol. The van der Waals surface area contributed by atoms with Crippen LogP contribution in [-0.2, 0) is 6.42 Å². The van der Waals surface area contributed by atoms with Gasteiger partial charge in [-0.25, -0.2) is 9.78 Å². The predicted octanol–water partition coefficient (Wildman–Crippen LogP) is 1.73. The number of hydrogen-bond acceptors (Lipinski definition) is 3.